The van der Waals surface area contributed by atoms with Crippen LogP contribution in [-0.4, -0.2) is 24.8 Å². The molecule has 0 fully saturated rings. The number of carbonyl (C=O) groups excluding carboxylic acids is 2. The van der Waals surface area contributed by atoms with E-state index >= 15 is 0 Å². The Morgan fingerprint density at radius 1 is 1.03 bits per heavy atom. The van der Waals surface area contributed by atoms with Crippen molar-refractivity contribution in [2.24, 2.45) is 0 Å². The number of amides is 1. The van der Waals surface area contributed by atoms with Crippen LogP contribution in [0.4, 0.5) is 17.1 Å². The van der Waals surface area contributed by atoms with Crippen LogP contribution < -0.4 is 15.1 Å². The molecule has 1 unspecified atom stereocenters. The molecule has 5 heteroatoms. The first kappa shape index (κ1) is 23.1. The van der Waals surface area contributed by atoms with Crippen LogP contribution in [0, 0.1) is 0 Å². The first-order valence-electron chi connectivity index (χ1n) is 12.4. The minimum Gasteiger partial charge on any atom is -0.372 e. The first-order chi connectivity index (χ1) is 16.1. The van der Waals surface area contributed by atoms with Gasteiger partial charge in [-0.2, -0.15) is 0 Å². The molecule has 1 aliphatic heterocycles. The van der Waals surface area contributed by atoms with Gasteiger partial charge in [-0.05, 0) is 62.9 Å². The molecule has 1 amide bonds. The highest BCUT2D eigenvalue weighted by molar-refractivity contribution is 6.06. The van der Waals surface area contributed by atoms with E-state index in [2.05, 4.69) is 55.3 Å². The van der Waals surface area contributed by atoms with Crippen molar-refractivity contribution in [3.05, 3.63) is 65.4 Å². The molecule has 2 aliphatic rings. The van der Waals surface area contributed by atoms with Gasteiger partial charge in [-0.1, -0.05) is 37.6 Å². The largest absolute Gasteiger partial charge is 0.372 e. The number of allylic oxidation sites excluding steroid dienone is 1. The van der Waals surface area contributed by atoms with Crippen molar-refractivity contribution in [1.29, 1.82) is 0 Å². The standard InChI is InChI=1S/C28H35N3O2/c1-4-7-15-26(33)31-24-13-9-8-11-22(24)29-23-12-10-14-25(32)27(23)28(31)20-16-18-21(19-17-20)30(5-2)6-3/h8-9,11,13,16-19,28-29H,4-7,10,12,14-15H2,1-3H3. The van der Waals surface area contributed by atoms with Crippen LogP contribution in [0.5, 0.6) is 0 Å². The summed E-state index contributed by atoms with van der Waals surface area (Å²) in [6.07, 6.45) is 4.44. The van der Waals surface area contributed by atoms with Gasteiger partial charge in [-0.3, -0.25) is 14.5 Å². The van der Waals surface area contributed by atoms with Gasteiger partial charge < -0.3 is 10.2 Å². The lowest BCUT2D eigenvalue weighted by atomic mass is 9.85. The molecular formula is C28H35N3O2. The summed E-state index contributed by atoms with van der Waals surface area (Å²) in [6, 6.07) is 16.0. The molecule has 4 rings (SSSR count). The predicted octanol–water partition coefficient (Wildman–Crippen LogP) is 6.23. The highest BCUT2D eigenvalue weighted by atomic mass is 16.2. The molecule has 0 bridgehead atoms. The van der Waals surface area contributed by atoms with Crippen molar-refractivity contribution < 1.29 is 9.59 Å². The zero-order valence-electron chi connectivity index (χ0n) is 20.1. The number of nitrogens with one attached hydrogen (secondary N) is 1. The van der Waals surface area contributed by atoms with E-state index in [0.29, 0.717) is 12.8 Å². The van der Waals surface area contributed by atoms with Crippen LogP contribution in [-0.2, 0) is 9.59 Å². The number of fused-ring (bicyclic) bond motifs is 1. The van der Waals surface area contributed by atoms with Crippen molar-refractivity contribution >= 4 is 28.8 Å². The Bertz CT molecular complexity index is 1040. The second-order valence-electron chi connectivity index (χ2n) is 8.84. The van der Waals surface area contributed by atoms with Gasteiger partial charge >= 0.3 is 0 Å². The summed E-state index contributed by atoms with van der Waals surface area (Å²) in [7, 11) is 0. The summed E-state index contributed by atoms with van der Waals surface area (Å²) in [5, 5.41) is 3.54. The fourth-order valence-electron chi connectivity index (χ4n) is 5.03. The average Bonchev–Trinajstić information content (AvgIpc) is 2.99. The van der Waals surface area contributed by atoms with Crippen LogP contribution in [0.2, 0.25) is 0 Å². The number of hydrogen-bond donors (Lipinski definition) is 1. The van der Waals surface area contributed by atoms with Crippen LogP contribution >= 0.6 is 0 Å². The van der Waals surface area contributed by atoms with E-state index in [1.165, 1.54) is 0 Å². The SMILES string of the molecule is CCCCC(=O)N1c2ccccc2NC2=C(C(=O)CCC2)C1c1ccc(N(CC)CC)cc1. The zero-order valence-corrected chi connectivity index (χ0v) is 20.1. The van der Waals surface area contributed by atoms with Gasteiger partial charge in [-0.25, -0.2) is 0 Å². The number of unbranched alkanes of at least 4 members (excludes halogenated alkanes) is 1. The summed E-state index contributed by atoms with van der Waals surface area (Å²) in [5.74, 6) is 0.207. The molecule has 0 aromatic heterocycles. The smallest absolute Gasteiger partial charge is 0.227 e. The number of rotatable bonds is 7. The summed E-state index contributed by atoms with van der Waals surface area (Å²) >= 11 is 0. The van der Waals surface area contributed by atoms with E-state index in [1.807, 2.05) is 29.2 Å². The molecule has 174 valence electrons. The molecule has 0 saturated carbocycles. The van der Waals surface area contributed by atoms with Crippen molar-refractivity contribution in [2.75, 3.05) is 28.2 Å². The molecule has 33 heavy (non-hydrogen) atoms. The van der Waals surface area contributed by atoms with Crippen molar-refractivity contribution in [3.63, 3.8) is 0 Å². The van der Waals surface area contributed by atoms with Crippen molar-refractivity contribution in [3.8, 4) is 0 Å². The lowest BCUT2D eigenvalue weighted by molar-refractivity contribution is -0.119. The number of nitrogens with zero attached hydrogens (tertiary/aromatic N) is 2. The second kappa shape index (κ2) is 10.2. The van der Waals surface area contributed by atoms with Crippen LogP contribution in [0.15, 0.2) is 59.8 Å². The second-order valence-corrected chi connectivity index (χ2v) is 8.84. The van der Waals surface area contributed by atoms with E-state index in [9.17, 15) is 9.59 Å². The Hall–Kier alpha value is -3.08. The molecule has 1 heterocycles. The molecule has 1 aliphatic carbocycles. The fourth-order valence-corrected chi connectivity index (χ4v) is 5.03. The lowest BCUT2D eigenvalue weighted by Crippen LogP contribution is -2.38. The number of Topliss-reactive ketones (excluding diaryl/α,β-unsaturated/α-hetero) is 1. The molecule has 1 atom stereocenters. The zero-order chi connectivity index (χ0) is 23.4. The Balaban J connectivity index is 1.88. The summed E-state index contributed by atoms with van der Waals surface area (Å²) in [5.41, 5.74) is 5.59. The molecule has 0 radical (unpaired) electrons. The highest BCUT2D eigenvalue weighted by Gasteiger charge is 2.39. The Labute approximate surface area is 197 Å². The van der Waals surface area contributed by atoms with E-state index < -0.39 is 6.04 Å². The van der Waals surface area contributed by atoms with Gasteiger partial charge in [0.15, 0.2) is 5.78 Å². The topological polar surface area (TPSA) is 52.7 Å². The van der Waals surface area contributed by atoms with E-state index in [4.69, 9.17) is 0 Å². The van der Waals surface area contributed by atoms with Gasteiger partial charge in [0, 0.05) is 42.9 Å². The van der Waals surface area contributed by atoms with Crippen LogP contribution in [0.1, 0.15) is 70.9 Å². The van der Waals surface area contributed by atoms with Gasteiger partial charge in [0.2, 0.25) is 5.91 Å². The summed E-state index contributed by atoms with van der Waals surface area (Å²) in [4.78, 5) is 31.2. The number of anilines is 3. The molecule has 2 aromatic carbocycles. The molecule has 0 spiro atoms. The molecule has 2 aromatic rings. The molecule has 5 nitrogen and oxygen atoms in total. The Kier molecular flexibility index (Phi) is 7.17. The Morgan fingerprint density at radius 2 is 1.76 bits per heavy atom. The highest BCUT2D eigenvalue weighted by Crippen LogP contribution is 2.45. The molecule has 0 saturated heterocycles. The summed E-state index contributed by atoms with van der Waals surface area (Å²) < 4.78 is 0. The monoisotopic (exact) mass is 445 g/mol. The molecular weight excluding hydrogens is 410 g/mol. The third kappa shape index (κ3) is 4.54. The van der Waals surface area contributed by atoms with Gasteiger partial charge in [0.1, 0.15) is 0 Å². The van der Waals surface area contributed by atoms with E-state index in [0.717, 1.165) is 72.7 Å². The fraction of sp³-hybridized carbons (Fsp3) is 0.429. The van der Waals surface area contributed by atoms with Gasteiger partial charge in [0.05, 0.1) is 17.4 Å². The van der Waals surface area contributed by atoms with Gasteiger partial charge in [0.25, 0.3) is 0 Å². The minimum absolute atomic E-state index is 0.0658. The van der Waals surface area contributed by atoms with Crippen molar-refractivity contribution in [1.82, 2.24) is 0 Å². The maximum Gasteiger partial charge on any atom is 0.227 e. The van der Waals surface area contributed by atoms with Gasteiger partial charge in [-0.15, -0.1) is 0 Å². The predicted molar refractivity (Wildman–Crippen MR) is 136 cm³/mol. The van der Waals surface area contributed by atoms with Crippen molar-refractivity contribution in [2.45, 2.75) is 65.3 Å². The first-order valence-corrected chi connectivity index (χ1v) is 12.4. The number of carbonyl (C=O) groups is 2. The minimum atomic E-state index is -0.418. The quantitative estimate of drug-likeness (QED) is 0.549. The normalized spacial score (nSPS) is 17.7. The number of ketones is 1. The Morgan fingerprint density at radius 3 is 2.45 bits per heavy atom. The number of hydrogen-bond acceptors (Lipinski definition) is 4. The maximum atomic E-state index is 13.7. The third-order valence-corrected chi connectivity index (χ3v) is 6.79. The van der Waals surface area contributed by atoms with Crippen LogP contribution in [0.25, 0.3) is 0 Å². The molecule has 1 N–H and O–H groups in total. The number of benzene rings is 2. The average molecular weight is 446 g/mol. The number of para-hydroxylation sites is 2. The van der Waals surface area contributed by atoms with E-state index in [-0.39, 0.29) is 11.7 Å². The maximum absolute atomic E-state index is 13.7. The third-order valence-electron chi connectivity index (χ3n) is 6.79. The summed E-state index contributed by atoms with van der Waals surface area (Å²) in [6.45, 7) is 8.27. The van der Waals surface area contributed by atoms with E-state index in [1.54, 1.807) is 0 Å². The lowest BCUT2D eigenvalue weighted by Gasteiger charge is -2.34. The van der Waals surface area contributed by atoms with Crippen LogP contribution in [0.3, 0.4) is 0 Å².